The molecule has 0 bridgehead atoms. The molecule has 0 N–H and O–H groups in total. The van der Waals surface area contributed by atoms with Gasteiger partial charge in [-0.25, -0.2) is 0 Å². The van der Waals surface area contributed by atoms with Crippen molar-refractivity contribution in [3.05, 3.63) is 99.7 Å². The Morgan fingerprint density at radius 3 is 2.42 bits per heavy atom. The smallest absolute Gasteiger partial charge is 0.264 e. The number of thiophene rings is 1. The molecule has 4 nitrogen and oxygen atoms in total. The zero-order valence-electron chi connectivity index (χ0n) is 18.9. The maximum atomic E-state index is 13.0. The van der Waals surface area contributed by atoms with Gasteiger partial charge in [-0.1, -0.05) is 60.2 Å². The Labute approximate surface area is 199 Å². The molecule has 1 aromatic heterocycles. The van der Waals surface area contributed by atoms with E-state index < -0.39 is 0 Å². The van der Waals surface area contributed by atoms with Crippen molar-refractivity contribution in [2.24, 2.45) is 0 Å². The van der Waals surface area contributed by atoms with Crippen LogP contribution in [0.2, 0.25) is 0 Å². The van der Waals surface area contributed by atoms with Crippen molar-refractivity contribution in [2.75, 3.05) is 26.2 Å². The van der Waals surface area contributed by atoms with Crippen molar-refractivity contribution >= 4 is 28.0 Å². The molecular weight excluding hydrogens is 428 g/mol. The molecule has 0 saturated carbocycles. The first-order valence-electron chi connectivity index (χ1n) is 11.4. The van der Waals surface area contributed by atoms with Crippen LogP contribution in [0.5, 0.6) is 5.75 Å². The summed E-state index contributed by atoms with van der Waals surface area (Å²) >= 11 is 1.51. The summed E-state index contributed by atoms with van der Waals surface area (Å²) < 4.78 is 5.99. The van der Waals surface area contributed by atoms with Gasteiger partial charge < -0.3 is 9.64 Å². The number of nitrogens with zero attached hydrogens (tertiary/aromatic N) is 2. The fourth-order valence-corrected chi connectivity index (χ4v) is 5.07. The van der Waals surface area contributed by atoms with E-state index in [-0.39, 0.29) is 5.91 Å². The molecule has 5 rings (SSSR count). The average Bonchev–Trinajstić information content (AvgIpc) is 3.33. The molecule has 0 radical (unpaired) electrons. The molecular formula is C28H28N2O2S. The highest BCUT2D eigenvalue weighted by Crippen LogP contribution is 2.23. The Balaban J connectivity index is 1.13. The van der Waals surface area contributed by atoms with E-state index in [2.05, 4.69) is 60.4 Å². The van der Waals surface area contributed by atoms with E-state index in [4.69, 9.17) is 4.74 Å². The Bertz CT molecular complexity index is 1240. The summed E-state index contributed by atoms with van der Waals surface area (Å²) in [7, 11) is 0. The van der Waals surface area contributed by atoms with Gasteiger partial charge in [0, 0.05) is 38.3 Å². The first-order chi connectivity index (χ1) is 16.1. The van der Waals surface area contributed by atoms with Crippen LogP contribution in [0, 0.1) is 6.92 Å². The van der Waals surface area contributed by atoms with E-state index in [0.717, 1.165) is 54.3 Å². The standard InChI is InChI=1S/C28H28N2O2S/c1-21-6-8-22(9-7-21)18-29-12-14-30(15-13-29)28(31)27-16-23(20-33-27)19-32-26-11-10-24-4-2-3-5-25(24)17-26/h2-11,16-17,20H,12-15,18-19H2,1H3. The van der Waals surface area contributed by atoms with Gasteiger partial charge in [0.2, 0.25) is 0 Å². The second-order valence-corrected chi connectivity index (χ2v) is 9.58. The minimum atomic E-state index is 0.131. The minimum Gasteiger partial charge on any atom is -0.489 e. The molecule has 168 valence electrons. The zero-order valence-corrected chi connectivity index (χ0v) is 19.7. The van der Waals surface area contributed by atoms with Gasteiger partial charge in [-0.05, 0) is 46.8 Å². The lowest BCUT2D eigenvalue weighted by atomic mass is 10.1. The third-order valence-electron chi connectivity index (χ3n) is 6.18. The van der Waals surface area contributed by atoms with E-state index in [9.17, 15) is 4.79 Å². The molecule has 0 aliphatic carbocycles. The summed E-state index contributed by atoms with van der Waals surface area (Å²) in [5, 5.41) is 4.40. The molecule has 0 atom stereocenters. The quantitative estimate of drug-likeness (QED) is 0.371. The topological polar surface area (TPSA) is 32.8 Å². The van der Waals surface area contributed by atoms with Gasteiger partial charge in [0.1, 0.15) is 12.4 Å². The second kappa shape index (κ2) is 9.77. The molecule has 2 heterocycles. The largest absolute Gasteiger partial charge is 0.489 e. The molecule has 1 saturated heterocycles. The van der Waals surface area contributed by atoms with Crippen LogP contribution >= 0.6 is 11.3 Å². The first kappa shape index (κ1) is 21.7. The Morgan fingerprint density at radius 2 is 1.64 bits per heavy atom. The third kappa shape index (κ3) is 5.27. The van der Waals surface area contributed by atoms with Gasteiger partial charge in [-0.2, -0.15) is 0 Å². The number of rotatable bonds is 6. The molecule has 33 heavy (non-hydrogen) atoms. The summed E-state index contributed by atoms with van der Waals surface area (Å²) in [5.41, 5.74) is 3.65. The molecule has 5 heteroatoms. The average molecular weight is 457 g/mol. The Kier molecular flexibility index (Phi) is 6.42. The first-order valence-corrected chi connectivity index (χ1v) is 12.3. The van der Waals surface area contributed by atoms with Gasteiger partial charge in [0.25, 0.3) is 5.91 Å². The normalized spacial score (nSPS) is 14.5. The number of ether oxygens (including phenoxy) is 1. The molecule has 4 aromatic rings. The summed E-state index contributed by atoms with van der Waals surface area (Å²) in [5.74, 6) is 0.976. The van der Waals surface area contributed by atoms with Crippen molar-refractivity contribution < 1.29 is 9.53 Å². The fourth-order valence-electron chi connectivity index (χ4n) is 4.20. The van der Waals surface area contributed by atoms with Gasteiger partial charge in [-0.15, -0.1) is 11.3 Å². The van der Waals surface area contributed by atoms with Crippen LogP contribution in [0.15, 0.2) is 78.2 Å². The molecule has 1 aliphatic rings. The molecule has 3 aromatic carbocycles. The highest BCUT2D eigenvalue weighted by molar-refractivity contribution is 7.12. The number of carbonyl (C=O) groups excluding carboxylic acids is 1. The lowest BCUT2D eigenvalue weighted by molar-refractivity contribution is 0.0633. The van der Waals surface area contributed by atoms with Gasteiger partial charge in [0.15, 0.2) is 0 Å². The molecule has 0 unspecified atom stereocenters. The van der Waals surface area contributed by atoms with E-state index in [1.54, 1.807) is 0 Å². The number of hydrogen-bond acceptors (Lipinski definition) is 4. The number of carbonyl (C=O) groups is 1. The molecule has 0 spiro atoms. The van der Waals surface area contributed by atoms with Gasteiger partial charge in [-0.3, -0.25) is 9.69 Å². The summed E-state index contributed by atoms with van der Waals surface area (Å²) in [6, 6.07) is 25.1. The van der Waals surface area contributed by atoms with Crippen molar-refractivity contribution in [1.82, 2.24) is 9.80 Å². The van der Waals surface area contributed by atoms with Gasteiger partial charge >= 0.3 is 0 Å². The molecule has 1 aliphatic heterocycles. The number of aryl methyl sites for hydroxylation is 1. The maximum Gasteiger partial charge on any atom is 0.264 e. The highest BCUT2D eigenvalue weighted by atomic mass is 32.1. The zero-order chi connectivity index (χ0) is 22.6. The van der Waals surface area contributed by atoms with E-state index in [1.807, 2.05) is 34.5 Å². The predicted octanol–water partition coefficient (Wildman–Crippen LogP) is 5.75. The van der Waals surface area contributed by atoms with Crippen LogP contribution in [-0.4, -0.2) is 41.9 Å². The second-order valence-electron chi connectivity index (χ2n) is 8.67. The van der Waals surface area contributed by atoms with E-state index in [0.29, 0.717) is 6.61 Å². The third-order valence-corrected chi connectivity index (χ3v) is 7.14. The lowest BCUT2D eigenvalue weighted by Crippen LogP contribution is -2.48. The molecule has 1 amide bonds. The maximum absolute atomic E-state index is 13.0. The monoisotopic (exact) mass is 456 g/mol. The Morgan fingerprint density at radius 1 is 0.879 bits per heavy atom. The summed E-state index contributed by atoms with van der Waals surface area (Å²) in [4.78, 5) is 18.2. The van der Waals surface area contributed by atoms with E-state index in [1.165, 1.54) is 27.8 Å². The van der Waals surface area contributed by atoms with Crippen molar-refractivity contribution in [3.8, 4) is 5.75 Å². The highest BCUT2D eigenvalue weighted by Gasteiger charge is 2.23. The minimum absolute atomic E-state index is 0.131. The Hall–Kier alpha value is -3.15. The van der Waals surface area contributed by atoms with Crippen LogP contribution in [0.1, 0.15) is 26.4 Å². The summed E-state index contributed by atoms with van der Waals surface area (Å²) in [6.07, 6.45) is 0. The van der Waals surface area contributed by atoms with Crippen LogP contribution in [0.25, 0.3) is 10.8 Å². The van der Waals surface area contributed by atoms with E-state index >= 15 is 0 Å². The van der Waals surface area contributed by atoms with Crippen molar-refractivity contribution in [1.29, 1.82) is 0 Å². The van der Waals surface area contributed by atoms with Gasteiger partial charge in [0.05, 0.1) is 4.88 Å². The van der Waals surface area contributed by atoms with Crippen molar-refractivity contribution in [3.63, 3.8) is 0 Å². The van der Waals surface area contributed by atoms with Crippen molar-refractivity contribution in [2.45, 2.75) is 20.1 Å². The number of fused-ring (bicyclic) bond motifs is 1. The lowest BCUT2D eigenvalue weighted by Gasteiger charge is -2.34. The predicted molar refractivity (Wildman–Crippen MR) is 135 cm³/mol. The molecule has 1 fully saturated rings. The van der Waals surface area contributed by atoms with Crippen LogP contribution in [0.4, 0.5) is 0 Å². The van der Waals surface area contributed by atoms with Crippen LogP contribution < -0.4 is 4.74 Å². The number of benzene rings is 3. The van der Waals surface area contributed by atoms with Crippen LogP contribution in [-0.2, 0) is 13.2 Å². The summed E-state index contributed by atoms with van der Waals surface area (Å²) in [6.45, 7) is 6.87. The fraction of sp³-hybridized carbons (Fsp3) is 0.250. The number of amides is 1. The van der Waals surface area contributed by atoms with Crippen LogP contribution in [0.3, 0.4) is 0 Å². The number of piperazine rings is 1. The number of hydrogen-bond donors (Lipinski definition) is 0. The SMILES string of the molecule is Cc1ccc(CN2CCN(C(=O)c3cc(COc4ccc5ccccc5c4)cs3)CC2)cc1.